The highest BCUT2D eigenvalue weighted by Gasteiger charge is 2.44. The number of carboxylic acid groups (broad SMARTS) is 1. The summed E-state index contributed by atoms with van der Waals surface area (Å²) in [6.45, 7) is 0. The zero-order valence-electron chi connectivity index (χ0n) is 14.9. The van der Waals surface area contributed by atoms with Gasteiger partial charge < -0.3 is 10.4 Å². The Labute approximate surface area is 163 Å². The third kappa shape index (κ3) is 3.78. The molecular weight excluding hydrogens is 385 g/mol. The van der Waals surface area contributed by atoms with Gasteiger partial charge in [0.2, 0.25) is 5.91 Å². The van der Waals surface area contributed by atoms with Crippen LogP contribution in [0.4, 0.5) is 18.9 Å². The molecular formula is C21H15F3N2O3. The minimum absolute atomic E-state index is 0.0260. The molecule has 2 N–H and O–H groups in total. The zero-order valence-corrected chi connectivity index (χ0v) is 14.9. The number of carbonyl (C=O) groups is 2. The molecule has 3 aromatic rings. The quantitative estimate of drug-likeness (QED) is 0.666. The second kappa shape index (κ2) is 6.88. The largest absolute Gasteiger partial charge is 0.478 e. The van der Waals surface area contributed by atoms with Gasteiger partial charge >= 0.3 is 12.1 Å². The molecule has 0 unspecified atom stereocenters. The van der Waals surface area contributed by atoms with E-state index < -0.39 is 17.7 Å². The van der Waals surface area contributed by atoms with E-state index in [9.17, 15) is 22.8 Å². The number of amides is 1. The molecule has 5 nitrogen and oxygen atoms in total. The van der Waals surface area contributed by atoms with Crippen LogP contribution in [0.2, 0.25) is 0 Å². The maximum Gasteiger partial charge on any atom is 0.418 e. The number of nitrogens with one attached hydrogen (secondary N) is 1. The summed E-state index contributed by atoms with van der Waals surface area (Å²) < 4.78 is 39.6. The Morgan fingerprint density at radius 1 is 1.07 bits per heavy atom. The van der Waals surface area contributed by atoms with Gasteiger partial charge in [-0.1, -0.05) is 18.2 Å². The SMILES string of the molecule is O=C(O)c1ccc([C@@H]2C[C@H]2C(=O)Nc2ccc3cncc(C(F)(F)F)c3c2)cc1. The van der Waals surface area contributed by atoms with Crippen molar-refractivity contribution in [1.82, 2.24) is 4.98 Å². The Morgan fingerprint density at radius 3 is 2.45 bits per heavy atom. The lowest BCUT2D eigenvalue weighted by molar-refractivity contribution is -0.136. The number of halogens is 3. The first-order valence-corrected chi connectivity index (χ1v) is 8.83. The summed E-state index contributed by atoms with van der Waals surface area (Å²) in [5.74, 6) is -1.64. The average Bonchev–Trinajstić information content (AvgIpc) is 3.48. The third-order valence-electron chi connectivity index (χ3n) is 5.05. The molecule has 148 valence electrons. The molecule has 4 rings (SSSR count). The summed E-state index contributed by atoms with van der Waals surface area (Å²) in [7, 11) is 0. The van der Waals surface area contributed by atoms with Crippen LogP contribution in [0.15, 0.2) is 54.9 Å². The lowest BCUT2D eigenvalue weighted by Crippen LogP contribution is -2.14. The van der Waals surface area contributed by atoms with Gasteiger partial charge in [-0.15, -0.1) is 0 Å². The smallest absolute Gasteiger partial charge is 0.418 e. The van der Waals surface area contributed by atoms with E-state index in [0.717, 1.165) is 11.8 Å². The van der Waals surface area contributed by atoms with Gasteiger partial charge in [-0.3, -0.25) is 9.78 Å². The molecule has 8 heteroatoms. The normalized spacial score (nSPS) is 18.4. The van der Waals surface area contributed by atoms with Crippen LogP contribution >= 0.6 is 0 Å². The fourth-order valence-electron chi connectivity index (χ4n) is 3.43. The van der Waals surface area contributed by atoms with Crippen LogP contribution in [0, 0.1) is 5.92 Å². The molecule has 2 aromatic carbocycles. The Kier molecular flexibility index (Phi) is 4.49. The number of aromatic nitrogens is 1. The van der Waals surface area contributed by atoms with Crippen LogP contribution in [-0.2, 0) is 11.0 Å². The number of aromatic carboxylic acids is 1. The number of rotatable bonds is 4. The Balaban J connectivity index is 1.50. The van der Waals surface area contributed by atoms with Gasteiger partial charge in [0.05, 0.1) is 11.1 Å². The van der Waals surface area contributed by atoms with E-state index in [4.69, 9.17) is 5.11 Å². The van der Waals surface area contributed by atoms with Crippen LogP contribution in [0.25, 0.3) is 10.8 Å². The first-order chi connectivity index (χ1) is 13.7. The highest BCUT2D eigenvalue weighted by molar-refractivity contribution is 5.98. The molecule has 0 radical (unpaired) electrons. The van der Waals surface area contributed by atoms with Crippen LogP contribution in [-0.4, -0.2) is 22.0 Å². The molecule has 0 aliphatic heterocycles. The number of hydrogen-bond acceptors (Lipinski definition) is 3. The van der Waals surface area contributed by atoms with Gasteiger partial charge in [0.25, 0.3) is 0 Å². The lowest BCUT2D eigenvalue weighted by atomic mass is 10.1. The van der Waals surface area contributed by atoms with E-state index in [-0.39, 0.29) is 34.4 Å². The predicted octanol–water partition coefficient (Wildman–Crippen LogP) is 4.69. The minimum Gasteiger partial charge on any atom is -0.478 e. The number of alkyl halides is 3. The second-order valence-corrected chi connectivity index (χ2v) is 6.99. The summed E-state index contributed by atoms with van der Waals surface area (Å²) in [4.78, 5) is 27.1. The number of pyridine rings is 1. The Hall–Kier alpha value is -3.42. The van der Waals surface area contributed by atoms with Gasteiger partial charge in [0.1, 0.15) is 0 Å². The van der Waals surface area contributed by atoms with Crippen LogP contribution in [0.3, 0.4) is 0 Å². The van der Waals surface area contributed by atoms with Gasteiger partial charge in [0.15, 0.2) is 0 Å². The van der Waals surface area contributed by atoms with E-state index in [1.165, 1.54) is 30.5 Å². The number of hydrogen-bond donors (Lipinski definition) is 2. The molecule has 1 aromatic heterocycles. The minimum atomic E-state index is -4.54. The molecule has 29 heavy (non-hydrogen) atoms. The molecule has 1 fully saturated rings. The zero-order chi connectivity index (χ0) is 20.8. The number of fused-ring (bicyclic) bond motifs is 1. The van der Waals surface area contributed by atoms with Crippen molar-refractivity contribution in [3.8, 4) is 0 Å². The van der Waals surface area contributed by atoms with Crippen LogP contribution < -0.4 is 5.32 Å². The topological polar surface area (TPSA) is 79.3 Å². The van der Waals surface area contributed by atoms with Crippen molar-refractivity contribution in [3.05, 3.63) is 71.5 Å². The third-order valence-corrected chi connectivity index (χ3v) is 5.05. The molecule has 1 saturated carbocycles. The van der Waals surface area contributed by atoms with Crippen molar-refractivity contribution in [3.63, 3.8) is 0 Å². The van der Waals surface area contributed by atoms with Crippen molar-refractivity contribution in [1.29, 1.82) is 0 Å². The Morgan fingerprint density at radius 2 is 1.79 bits per heavy atom. The molecule has 2 atom stereocenters. The number of nitrogens with zero attached hydrogens (tertiary/aromatic N) is 1. The van der Waals surface area contributed by atoms with Crippen molar-refractivity contribution < 1.29 is 27.9 Å². The molecule has 0 bridgehead atoms. The van der Waals surface area contributed by atoms with Crippen molar-refractivity contribution in [2.45, 2.75) is 18.5 Å². The average molecular weight is 400 g/mol. The van der Waals surface area contributed by atoms with E-state index >= 15 is 0 Å². The van der Waals surface area contributed by atoms with E-state index in [0.29, 0.717) is 11.8 Å². The van der Waals surface area contributed by atoms with E-state index in [2.05, 4.69) is 10.3 Å². The molecule has 1 amide bonds. The van der Waals surface area contributed by atoms with E-state index in [1.807, 2.05) is 0 Å². The lowest BCUT2D eigenvalue weighted by Gasteiger charge is -2.11. The molecule has 1 aliphatic carbocycles. The summed E-state index contributed by atoms with van der Waals surface area (Å²) in [6.07, 6.45) is -1.83. The fourth-order valence-corrected chi connectivity index (χ4v) is 3.43. The second-order valence-electron chi connectivity index (χ2n) is 6.99. The summed E-state index contributed by atoms with van der Waals surface area (Å²) in [5.41, 5.74) is 0.459. The predicted molar refractivity (Wildman–Crippen MR) is 99.6 cm³/mol. The number of carbonyl (C=O) groups excluding carboxylic acids is 1. The van der Waals surface area contributed by atoms with Gasteiger partial charge in [-0.25, -0.2) is 4.79 Å². The van der Waals surface area contributed by atoms with Crippen molar-refractivity contribution >= 4 is 28.3 Å². The number of anilines is 1. The number of benzene rings is 2. The first-order valence-electron chi connectivity index (χ1n) is 8.83. The van der Waals surface area contributed by atoms with Crippen LogP contribution in [0.5, 0.6) is 0 Å². The fraction of sp³-hybridized carbons (Fsp3) is 0.190. The van der Waals surface area contributed by atoms with Crippen molar-refractivity contribution in [2.24, 2.45) is 5.92 Å². The van der Waals surface area contributed by atoms with Gasteiger partial charge in [0, 0.05) is 29.4 Å². The van der Waals surface area contributed by atoms with Gasteiger partial charge in [-0.05, 0) is 47.6 Å². The van der Waals surface area contributed by atoms with E-state index in [1.54, 1.807) is 18.2 Å². The standard InChI is InChI=1S/C21H15F3N2O3/c22-21(23,24)18-10-25-9-13-5-6-14(7-16(13)18)26-19(27)17-8-15(17)11-1-3-12(4-2-11)20(28)29/h1-7,9-10,15,17H,8H2,(H,26,27)(H,28,29)/t15-,17+/m0/s1. The van der Waals surface area contributed by atoms with Crippen LogP contribution in [0.1, 0.15) is 33.8 Å². The molecule has 1 heterocycles. The highest BCUT2D eigenvalue weighted by atomic mass is 19.4. The van der Waals surface area contributed by atoms with Crippen molar-refractivity contribution in [2.75, 3.05) is 5.32 Å². The summed E-state index contributed by atoms with van der Waals surface area (Å²) in [5, 5.41) is 11.9. The van der Waals surface area contributed by atoms with Gasteiger partial charge in [-0.2, -0.15) is 13.2 Å². The summed E-state index contributed by atoms with van der Waals surface area (Å²) in [6, 6.07) is 10.7. The summed E-state index contributed by atoms with van der Waals surface area (Å²) >= 11 is 0. The highest BCUT2D eigenvalue weighted by Crippen LogP contribution is 2.48. The maximum atomic E-state index is 13.2. The molecule has 1 aliphatic rings. The maximum absolute atomic E-state index is 13.2. The first kappa shape index (κ1) is 18.9. The monoisotopic (exact) mass is 400 g/mol. The molecule has 0 spiro atoms. The Bertz CT molecular complexity index is 1110. The molecule has 0 saturated heterocycles. The number of carboxylic acids is 1.